The molecule has 0 bridgehead atoms. The maximum atomic E-state index is 12.2. The molecule has 2 heterocycles. The molecule has 2 atom stereocenters. The lowest BCUT2D eigenvalue weighted by atomic mass is 10.1. The van der Waals surface area contributed by atoms with Crippen LogP contribution in [0.2, 0.25) is 0 Å². The Bertz CT molecular complexity index is 867. The summed E-state index contributed by atoms with van der Waals surface area (Å²) in [5.41, 5.74) is -0.869. The molecule has 0 spiro atoms. The lowest BCUT2D eigenvalue weighted by Gasteiger charge is -2.23. The first-order valence-corrected chi connectivity index (χ1v) is 9.64. The van der Waals surface area contributed by atoms with Crippen LogP contribution in [0.1, 0.15) is 46.2 Å². The van der Waals surface area contributed by atoms with Crippen molar-refractivity contribution in [2.24, 2.45) is 0 Å². The fraction of sp³-hybridized carbons (Fsp3) is 0.375. The molecule has 2 aromatic heterocycles. The third kappa shape index (κ3) is 5.07. The number of aromatic hydroxyl groups is 2. The number of hydrogen-bond donors (Lipinski definition) is 7. The molecule has 0 saturated heterocycles. The molecular weight excluding hydrogens is 411 g/mol. The van der Waals surface area contributed by atoms with Crippen LogP contribution in [0.5, 0.6) is 11.5 Å². The molecule has 0 aliphatic carbocycles. The van der Waals surface area contributed by atoms with Gasteiger partial charge in [-0.3, -0.25) is 19.0 Å². The standard InChI is InChI=1S/C16H21N2O10P/c1-7-13(21)11(9(5-19)3-17-7)15(23)27-29(25,26)28-16(24)12-10(6-20)4-18-8(2)14(12)22/h3-4,15-16,19-24H,5-6H2,1-2H3,(H,25,26). The highest BCUT2D eigenvalue weighted by Crippen LogP contribution is 2.52. The van der Waals surface area contributed by atoms with Gasteiger partial charge in [0.25, 0.3) is 0 Å². The number of aryl methyl sites for hydroxylation is 2. The minimum atomic E-state index is -5.19. The molecule has 13 heteroatoms. The number of aliphatic hydroxyl groups is 4. The van der Waals surface area contributed by atoms with Crippen LogP contribution in [0.4, 0.5) is 0 Å². The van der Waals surface area contributed by atoms with Gasteiger partial charge in [-0.2, -0.15) is 0 Å². The van der Waals surface area contributed by atoms with Gasteiger partial charge < -0.3 is 35.5 Å². The zero-order chi connectivity index (χ0) is 21.9. The monoisotopic (exact) mass is 432 g/mol. The molecule has 12 nitrogen and oxygen atoms in total. The molecule has 2 aromatic rings. The molecule has 0 amide bonds. The molecule has 0 aliphatic rings. The van der Waals surface area contributed by atoms with Gasteiger partial charge in [-0.1, -0.05) is 0 Å². The molecule has 29 heavy (non-hydrogen) atoms. The van der Waals surface area contributed by atoms with E-state index in [1.54, 1.807) is 0 Å². The van der Waals surface area contributed by atoms with E-state index in [-0.39, 0.29) is 22.5 Å². The van der Waals surface area contributed by atoms with Crippen molar-refractivity contribution >= 4 is 7.82 Å². The number of nitrogens with zero attached hydrogens (tertiary/aromatic N) is 2. The smallest absolute Gasteiger partial charge is 0.477 e. The summed E-state index contributed by atoms with van der Waals surface area (Å²) in [5, 5.41) is 59.0. The largest absolute Gasteiger partial charge is 0.506 e. The summed E-state index contributed by atoms with van der Waals surface area (Å²) in [5.74, 6) is -1.15. The normalized spacial score (nSPS) is 15.7. The van der Waals surface area contributed by atoms with Gasteiger partial charge >= 0.3 is 7.82 Å². The number of aromatic nitrogens is 2. The van der Waals surface area contributed by atoms with Crippen molar-refractivity contribution in [3.63, 3.8) is 0 Å². The quantitative estimate of drug-likeness (QED) is 0.222. The number of phosphoric ester groups is 1. The van der Waals surface area contributed by atoms with E-state index in [4.69, 9.17) is 0 Å². The zero-order valence-electron chi connectivity index (χ0n) is 15.4. The van der Waals surface area contributed by atoms with E-state index >= 15 is 0 Å². The van der Waals surface area contributed by atoms with Crippen LogP contribution in [-0.4, -0.2) is 45.5 Å². The second-order valence-corrected chi connectivity index (χ2v) is 7.32. The summed E-state index contributed by atoms with van der Waals surface area (Å²) in [6.45, 7) is 1.44. The molecule has 7 N–H and O–H groups in total. The van der Waals surface area contributed by atoms with Crippen molar-refractivity contribution < 1.29 is 49.1 Å². The summed E-state index contributed by atoms with van der Waals surface area (Å²) in [4.78, 5) is 17.5. The van der Waals surface area contributed by atoms with Crippen molar-refractivity contribution in [1.82, 2.24) is 9.97 Å². The molecule has 0 aromatic carbocycles. The van der Waals surface area contributed by atoms with Crippen LogP contribution in [0.25, 0.3) is 0 Å². The highest BCUT2D eigenvalue weighted by atomic mass is 31.2. The second kappa shape index (κ2) is 9.11. The lowest BCUT2D eigenvalue weighted by molar-refractivity contribution is -0.0883. The first-order valence-electron chi connectivity index (χ1n) is 8.14. The fourth-order valence-corrected chi connectivity index (χ4v) is 3.26. The molecule has 0 saturated carbocycles. The zero-order valence-corrected chi connectivity index (χ0v) is 16.3. The van der Waals surface area contributed by atoms with Crippen LogP contribution in [0.3, 0.4) is 0 Å². The minimum Gasteiger partial charge on any atom is -0.506 e. The highest BCUT2D eigenvalue weighted by molar-refractivity contribution is 7.47. The molecule has 0 radical (unpaired) electrons. The van der Waals surface area contributed by atoms with Crippen molar-refractivity contribution in [3.8, 4) is 11.5 Å². The first kappa shape index (κ1) is 23.1. The number of hydrogen-bond acceptors (Lipinski definition) is 11. The summed E-state index contributed by atoms with van der Waals surface area (Å²) in [6.07, 6.45) is -2.21. The minimum absolute atomic E-state index is 0.0540. The van der Waals surface area contributed by atoms with Crippen molar-refractivity contribution in [1.29, 1.82) is 0 Å². The van der Waals surface area contributed by atoms with Crippen LogP contribution in [0, 0.1) is 13.8 Å². The first-order chi connectivity index (χ1) is 13.5. The number of pyridine rings is 2. The average Bonchev–Trinajstić information content (AvgIpc) is 2.64. The Labute approximate surface area is 164 Å². The van der Waals surface area contributed by atoms with Gasteiger partial charge in [-0.05, 0) is 13.8 Å². The van der Waals surface area contributed by atoms with Crippen LogP contribution < -0.4 is 0 Å². The predicted molar refractivity (Wildman–Crippen MR) is 95.0 cm³/mol. The summed E-state index contributed by atoms with van der Waals surface area (Å²) < 4.78 is 21.4. The molecule has 2 unspecified atom stereocenters. The van der Waals surface area contributed by atoms with Gasteiger partial charge in [-0.25, -0.2) is 4.57 Å². The van der Waals surface area contributed by atoms with Crippen LogP contribution in [-0.2, 0) is 26.8 Å². The van der Waals surface area contributed by atoms with Crippen molar-refractivity contribution in [2.45, 2.75) is 39.6 Å². The van der Waals surface area contributed by atoms with E-state index in [0.717, 1.165) is 12.4 Å². The fourth-order valence-electron chi connectivity index (χ4n) is 2.49. The second-order valence-electron chi connectivity index (χ2n) is 5.96. The molecular formula is C16H21N2O10P. The van der Waals surface area contributed by atoms with Gasteiger partial charge in [0.1, 0.15) is 11.5 Å². The maximum absolute atomic E-state index is 12.2. The third-order valence-electron chi connectivity index (χ3n) is 4.02. The Morgan fingerprint density at radius 1 is 0.897 bits per heavy atom. The maximum Gasteiger partial charge on any atom is 0.477 e. The van der Waals surface area contributed by atoms with Gasteiger partial charge in [0.2, 0.25) is 0 Å². The predicted octanol–water partition coefficient (Wildman–Crippen LogP) is 0.305. The van der Waals surface area contributed by atoms with E-state index in [1.165, 1.54) is 13.8 Å². The Balaban J connectivity index is 2.29. The van der Waals surface area contributed by atoms with Crippen molar-refractivity contribution in [3.05, 3.63) is 46.0 Å². The van der Waals surface area contributed by atoms with Gasteiger partial charge in [0, 0.05) is 23.5 Å². The number of aliphatic hydroxyl groups excluding tert-OH is 4. The van der Waals surface area contributed by atoms with Gasteiger partial charge in [0.15, 0.2) is 12.6 Å². The van der Waals surface area contributed by atoms with Crippen molar-refractivity contribution in [2.75, 3.05) is 0 Å². The molecule has 160 valence electrons. The average molecular weight is 432 g/mol. The summed E-state index contributed by atoms with van der Waals surface area (Å²) >= 11 is 0. The summed E-state index contributed by atoms with van der Waals surface area (Å²) in [6, 6.07) is 0. The van der Waals surface area contributed by atoms with E-state index < -0.39 is 56.2 Å². The molecule has 0 fully saturated rings. The van der Waals surface area contributed by atoms with Crippen LogP contribution in [0.15, 0.2) is 12.4 Å². The molecule has 2 rings (SSSR count). The lowest BCUT2D eigenvalue weighted by Crippen LogP contribution is -2.12. The Morgan fingerprint density at radius 2 is 1.24 bits per heavy atom. The van der Waals surface area contributed by atoms with E-state index in [1.807, 2.05) is 0 Å². The molecule has 0 aliphatic heterocycles. The van der Waals surface area contributed by atoms with E-state index in [9.17, 15) is 40.1 Å². The summed E-state index contributed by atoms with van der Waals surface area (Å²) in [7, 11) is -5.19. The Hall–Kier alpha value is -2.15. The highest BCUT2D eigenvalue weighted by Gasteiger charge is 2.34. The Morgan fingerprint density at radius 3 is 1.55 bits per heavy atom. The van der Waals surface area contributed by atoms with Crippen LogP contribution >= 0.6 is 7.82 Å². The van der Waals surface area contributed by atoms with Gasteiger partial charge in [-0.15, -0.1) is 0 Å². The van der Waals surface area contributed by atoms with Gasteiger partial charge in [0.05, 0.1) is 35.7 Å². The number of rotatable bonds is 8. The Kier molecular flexibility index (Phi) is 7.27. The number of phosphoric acid groups is 1. The van der Waals surface area contributed by atoms with E-state index in [2.05, 4.69) is 19.0 Å². The topological polar surface area (TPSA) is 203 Å². The van der Waals surface area contributed by atoms with E-state index in [0.29, 0.717) is 0 Å². The third-order valence-corrected chi connectivity index (χ3v) is 4.95. The SMILES string of the molecule is Cc1ncc(CO)c(C(O)OP(=O)(O)OC(O)c2c(CO)cnc(C)c2O)c1O.